The molecule has 0 spiro atoms. The number of carbonyl (C=O) groups excluding carboxylic acids is 4. The van der Waals surface area contributed by atoms with Gasteiger partial charge in [0, 0.05) is 32.6 Å². The average Bonchev–Trinajstić information content (AvgIpc) is 3.34. The summed E-state index contributed by atoms with van der Waals surface area (Å²) in [7, 11) is 0. The highest BCUT2D eigenvalue weighted by Gasteiger charge is 2.38. The van der Waals surface area contributed by atoms with Crippen molar-refractivity contribution in [2.24, 2.45) is 0 Å². The second-order valence-electron chi connectivity index (χ2n) is 8.19. The Kier molecular flexibility index (Phi) is 5.39. The van der Waals surface area contributed by atoms with Crippen LogP contribution >= 0.6 is 0 Å². The molecule has 154 valence electrons. The summed E-state index contributed by atoms with van der Waals surface area (Å²) in [6.45, 7) is 4.02. The Morgan fingerprint density at radius 3 is 2.41 bits per heavy atom. The lowest BCUT2D eigenvalue weighted by atomic mass is 10.0. The molecule has 1 atom stereocenters. The van der Waals surface area contributed by atoms with Gasteiger partial charge in [-0.2, -0.15) is 0 Å². The fraction of sp³-hybridized carbons (Fsp3) is 0.545. The molecule has 1 aromatic rings. The van der Waals surface area contributed by atoms with Crippen molar-refractivity contribution in [2.45, 2.75) is 51.5 Å². The van der Waals surface area contributed by atoms with E-state index in [1.807, 2.05) is 11.8 Å². The minimum absolute atomic E-state index is 0.0470. The predicted octanol–water partition coefficient (Wildman–Crippen LogP) is 1.98. The quantitative estimate of drug-likeness (QED) is 0.728. The third kappa shape index (κ3) is 3.66. The van der Waals surface area contributed by atoms with Crippen LogP contribution < -0.4 is 0 Å². The van der Waals surface area contributed by atoms with E-state index in [0.717, 1.165) is 49.2 Å². The molecule has 2 fully saturated rings. The maximum atomic E-state index is 12.9. The van der Waals surface area contributed by atoms with Gasteiger partial charge in [0.05, 0.1) is 11.1 Å². The third-order valence-electron chi connectivity index (χ3n) is 6.20. The molecule has 0 aromatic heterocycles. The molecule has 1 aromatic carbocycles. The van der Waals surface area contributed by atoms with Crippen LogP contribution in [-0.4, -0.2) is 70.5 Å². The van der Waals surface area contributed by atoms with Gasteiger partial charge in [-0.1, -0.05) is 11.6 Å². The number of amides is 4. The second kappa shape index (κ2) is 7.97. The number of fused-ring (bicyclic) bond motifs is 1. The fourth-order valence-corrected chi connectivity index (χ4v) is 4.59. The van der Waals surface area contributed by atoms with Crippen LogP contribution in [0.5, 0.6) is 0 Å². The highest BCUT2D eigenvalue weighted by molar-refractivity contribution is 6.21. The number of hydrogen-bond donors (Lipinski definition) is 0. The summed E-state index contributed by atoms with van der Waals surface area (Å²) in [5, 5.41) is 0. The van der Waals surface area contributed by atoms with Crippen molar-refractivity contribution in [1.29, 1.82) is 0 Å². The van der Waals surface area contributed by atoms with Gasteiger partial charge in [0.2, 0.25) is 11.8 Å². The molecule has 3 heterocycles. The van der Waals surface area contributed by atoms with E-state index in [9.17, 15) is 19.2 Å². The first kappa shape index (κ1) is 19.6. The molecule has 0 aliphatic carbocycles. The summed E-state index contributed by atoms with van der Waals surface area (Å²) in [5.74, 6) is -0.798. The van der Waals surface area contributed by atoms with E-state index in [1.165, 1.54) is 0 Å². The summed E-state index contributed by atoms with van der Waals surface area (Å²) in [6, 6.07) is 4.79. The van der Waals surface area contributed by atoms with Crippen LogP contribution in [0.25, 0.3) is 0 Å². The van der Waals surface area contributed by atoms with Crippen molar-refractivity contribution in [3.8, 4) is 0 Å². The smallest absolute Gasteiger partial charge is 0.261 e. The molecule has 3 aliphatic rings. The van der Waals surface area contributed by atoms with E-state index in [0.29, 0.717) is 24.1 Å². The maximum absolute atomic E-state index is 12.9. The standard InChI is InChI=1S/C22H27N3O4/c1-15-7-8-16-17(14-15)21(28)25(20(16)27)13-9-19(26)24-12-3-2-6-18(24)22(29)23-10-4-5-11-23/h7-8,14,18H,2-6,9-13H2,1H3. The lowest BCUT2D eigenvalue weighted by Crippen LogP contribution is -2.53. The van der Waals surface area contributed by atoms with Crippen LogP contribution in [0.3, 0.4) is 0 Å². The molecular weight excluding hydrogens is 370 g/mol. The molecule has 4 rings (SSSR count). The molecule has 7 nitrogen and oxygen atoms in total. The molecule has 0 N–H and O–H groups in total. The first-order chi connectivity index (χ1) is 14.0. The van der Waals surface area contributed by atoms with E-state index in [4.69, 9.17) is 0 Å². The maximum Gasteiger partial charge on any atom is 0.261 e. The molecule has 0 radical (unpaired) electrons. The third-order valence-corrected chi connectivity index (χ3v) is 6.20. The number of likely N-dealkylation sites (tertiary alicyclic amines) is 2. The zero-order valence-electron chi connectivity index (χ0n) is 16.9. The van der Waals surface area contributed by atoms with Gasteiger partial charge in [-0.25, -0.2) is 0 Å². The zero-order valence-corrected chi connectivity index (χ0v) is 16.9. The van der Waals surface area contributed by atoms with Gasteiger partial charge in [-0.3, -0.25) is 24.1 Å². The molecule has 3 aliphatic heterocycles. The molecule has 29 heavy (non-hydrogen) atoms. The lowest BCUT2D eigenvalue weighted by Gasteiger charge is -2.37. The van der Waals surface area contributed by atoms with Gasteiger partial charge in [0.15, 0.2) is 0 Å². The number of benzene rings is 1. The molecule has 7 heteroatoms. The van der Waals surface area contributed by atoms with E-state index in [1.54, 1.807) is 23.1 Å². The van der Waals surface area contributed by atoms with Crippen molar-refractivity contribution in [2.75, 3.05) is 26.2 Å². The largest absolute Gasteiger partial charge is 0.341 e. The molecular formula is C22H27N3O4. The second-order valence-corrected chi connectivity index (χ2v) is 8.19. The molecule has 1 unspecified atom stereocenters. The number of imide groups is 1. The Morgan fingerprint density at radius 1 is 0.966 bits per heavy atom. The van der Waals surface area contributed by atoms with Gasteiger partial charge >= 0.3 is 0 Å². The van der Waals surface area contributed by atoms with E-state index in [-0.39, 0.29) is 36.6 Å². The lowest BCUT2D eigenvalue weighted by molar-refractivity contribution is -0.147. The Bertz CT molecular complexity index is 860. The van der Waals surface area contributed by atoms with Crippen LogP contribution in [-0.2, 0) is 9.59 Å². The van der Waals surface area contributed by atoms with Crippen molar-refractivity contribution < 1.29 is 19.2 Å². The number of aryl methyl sites for hydroxylation is 1. The average molecular weight is 397 g/mol. The van der Waals surface area contributed by atoms with Crippen LogP contribution in [0.1, 0.15) is 64.8 Å². The molecule has 0 saturated carbocycles. The van der Waals surface area contributed by atoms with E-state index < -0.39 is 6.04 Å². The summed E-state index contributed by atoms with van der Waals surface area (Å²) in [5.41, 5.74) is 1.72. The van der Waals surface area contributed by atoms with Crippen molar-refractivity contribution in [3.05, 3.63) is 34.9 Å². The summed E-state index contributed by atoms with van der Waals surface area (Å²) in [6.07, 6.45) is 4.59. The summed E-state index contributed by atoms with van der Waals surface area (Å²) < 4.78 is 0. The van der Waals surface area contributed by atoms with Crippen LogP contribution in [0.2, 0.25) is 0 Å². The van der Waals surface area contributed by atoms with Crippen LogP contribution in [0.4, 0.5) is 0 Å². The predicted molar refractivity (Wildman–Crippen MR) is 106 cm³/mol. The monoisotopic (exact) mass is 397 g/mol. The number of carbonyl (C=O) groups is 4. The van der Waals surface area contributed by atoms with Crippen LogP contribution in [0.15, 0.2) is 18.2 Å². The Morgan fingerprint density at radius 2 is 1.66 bits per heavy atom. The molecule has 0 bridgehead atoms. The number of piperidine rings is 1. The van der Waals surface area contributed by atoms with Crippen molar-refractivity contribution >= 4 is 23.6 Å². The first-order valence-electron chi connectivity index (χ1n) is 10.5. The van der Waals surface area contributed by atoms with Gasteiger partial charge in [0.1, 0.15) is 6.04 Å². The molecule has 4 amide bonds. The SMILES string of the molecule is Cc1ccc2c(c1)C(=O)N(CCC(=O)N1CCCCC1C(=O)N1CCCC1)C2=O. The van der Waals surface area contributed by atoms with E-state index in [2.05, 4.69) is 0 Å². The summed E-state index contributed by atoms with van der Waals surface area (Å²) >= 11 is 0. The normalized spacial score (nSPS) is 21.7. The van der Waals surface area contributed by atoms with Gasteiger partial charge in [-0.15, -0.1) is 0 Å². The zero-order chi connectivity index (χ0) is 20.5. The first-order valence-corrected chi connectivity index (χ1v) is 10.5. The van der Waals surface area contributed by atoms with E-state index >= 15 is 0 Å². The Hall–Kier alpha value is -2.70. The summed E-state index contributed by atoms with van der Waals surface area (Å²) in [4.78, 5) is 55.7. The minimum atomic E-state index is -0.404. The number of rotatable bonds is 4. The number of hydrogen-bond acceptors (Lipinski definition) is 4. The Labute approximate surface area is 170 Å². The fourth-order valence-electron chi connectivity index (χ4n) is 4.59. The minimum Gasteiger partial charge on any atom is -0.341 e. The van der Waals surface area contributed by atoms with Gasteiger partial charge in [-0.05, 0) is 51.2 Å². The van der Waals surface area contributed by atoms with Crippen molar-refractivity contribution in [1.82, 2.24) is 14.7 Å². The Balaban J connectivity index is 1.41. The topological polar surface area (TPSA) is 78.0 Å². The highest BCUT2D eigenvalue weighted by Crippen LogP contribution is 2.25. The number of nitrogens with zero attached hydrogens (tertiary/aromatic N) is 3. The van der Waals surface area contributed by atoms with Gasteiger partial charge in [0.25, 0.3) is 11.8 Å². The molecule has 2 saturated heterocycles. The van der Waals surface area contributed by atoms with Crippen molar-refractivity contribution in [3.63, 3.8) is 0 Å². The highest BCUT2D eigenvalue weighted by atomic mass is 16.2. The van der Waals surface area contributed by atoms with Gasteiger partial charge < -0.3 is 9.80 Å². The van der Waals surface area contributed by atoms with Crippen LogP contribution in [0, 0.1) is 6.92 Å².